The minimum Gasteiger partial charge on any atom is -0.444 e. The van der Waals surface area contributed by atoms with Gasteiger partial charge in [-0.05, 0) is 128 Å². The van der Waals surface area contributed by atoms with Crippen LogP contribution in [0.5, 0.6) is 0 Å². The van der Waals surface area contributed by atoms with Crippen molar-refractivity contribution in [2.45, 2.75) is 167 Å². The van der Waals surface area contributed by atoms with Crippen molar-refractivity contribution in [3.63, 3.8) is 0 Å². The first-order chi connectivity index (χ1) is 33.4. The second-order valence-electron chi connectivity index (χ2n) is 23.2. The number of ether oxygens (including phenoxy) is 1. The summed E-state index contributed by atoms with van der Waals surface area (Å²) in [4.78, 5) is 72.8. The Kier molecular flexibility index (Phi) is 14.1. The van der Waals surface area contributed by atoms with Crippen molar-refractivity contribution < 1.29 is 19.2 Å². The lowest BCUT2D eigenvalue weighted by atomic mass is 9.91. The Morgan fingerprint density at radius 3 is 1.52 bits per heavy atom. The van der Waals surface area contributed by atoms with Crippen molar-refractivity contribution >= 4 is 77.9 Å². The van der Waals surface area contributed by atoms with Gasteiger partial charge in [0, 0.05) is 65.9 Å². The van der Waals surface area contributed by atoms with E-state index in [1.807, 2.05) is 31.7 Å². The zero-order valence-corrected chi connectivity index (χ0v) is 47.5. The molecule has 4 fully saturated rings. The topological polar surface area (TPSA) is 167 Å². The minimum absolute atomic E-state index is 0.0580. The second-order valence-corrected chi connectivity index (χ2v) is 27.9. The van der Waals surface area contributed by atoms with Gasteiger partial charge in [-0.15, -0.1) is 27.4 Å². The quantitative estimate of drug-likeness (QED) is 0.149. The molecule has 2 aliphatic heterocycles. The number of thiazole rings is 2. The van der Waals surface area contributed by atoms with Gasteiger partial charge < -0.3 is 19.4 Å². The molecule has 6 aromatic rings. The molecule has 0 atom stereocenters. The fraction of sp³-hybridized carbons (Fsp3) is 0.577. The minimum atomic E-state index is -0.469. The molecule has 8 heterocycles. The summed E-state index contributed by atoms with van der Waals surface area (Å²) in [5.74, 6) is 2.48. The molecule has 19 heteroatoms. The van der Waals surface area contributed by atoms with Crippen LogP contribution in [-0.2, 0) is 26.4 Å². The van der Waals surface area contributed by atoms with Crippen LogP contribution in [0.15, 0.2) is 44.4 Å². The molecule has 2 saturated carbocycles. The lowest BCUT2D eigenvalue weighted by Crippen LogP contribution is -2.41. The highest BCUT2D eigenvalue weighted by molar-refractivity contribution is 9.11. The van der Waals surface area contributed by atoms with Crippen LogP contribution in [0.25, 0.3) is 33.9 Å². The number of carbonyl (C=O) groups excluding carboxylic acids is 2. The maximum absolute atomic E-state index is 12.8. The number of amides is 2. The van der Waals surface area contributed by atoms with Gasteiger partial charge in [-0.1, -0.05) is 55.4 Å². The van der Waals surface area contributed by atoms with Crippen LogP contribution in [0.1, 0.15) is 172 Å². The first-order valence-electron chi connectivity index (χ1n) is 24.7. The Balaban J connectivity index is 0.000000178. The van der Waals surface area contributed by atoms with Gasteiger partial charge >= 0.3 is 12.2 Å². The monoisotopic (exact) mass is 1130 g/mol. The number of imidazole rings is 1. The molecule has 10 rings (SSSR count). The molecule has 0 N–H and O–H groups in total. The molecule has 2 saturated heterocycles. The van der Waals surface area contributed by atoms with Gasteiger partial charge in [-0.25, -0.2) is 49.5 Å². The van der Waals surface area contributed by atoms with E-state index in [0.29, 0.717) is 43.3 Å². The van der Waals surface area contributed by atoms with Gasteiger partial charge in [0.25, 0.3) is 0 Å². The van der Waals surface area contributed by atoms with Gasteiger partial charge in [-0.3, -0.25) is 0 Å². The van der Waals surface area contributed by atoms with Crippen LogP contribution in [0.2, 0.25) is 0 Å². The number of fused-ring (bicyclic) bond motifs is 1. The standard InChI is InChI=1S/C27H30BrN7O2S.C25H35BrN4O2S/c1-26(2,3)19-14-18(31-24(32-19)27(4)9-10-27)20-21(28)38-23(33-20)16-7-12-34(13-8-16)25(36)37-35-15-30-17-6-5-11-29-22(17)35;1-23(2,3)17-14-16(27-21(28-17)25(7)10-11-25)18-19(26)33-20(29-18)15-8-12-30(13-9-15)22(31)32-24(4,5)6/h5-6,11,14-16H,7-10,12-13H2,1-4H3;14-15H,8-13H2,1-7H3. The summed E-state index contributed by atoms with van der Waals surface area (Å²) in [5, 5.41) is 2.18. The lowest BCUT2D eigenvalue weighted by molar-refractivity contribution is 0.0204. The highest BCUT2D eigenvalue weighted by atomic mass is 79.9. The zero-order chi connectivity index (χ0) is 50.8. The largest absolute Gasteiger partial charge is 0.444 e. The number of nitrogens with zero attached hydrogens (tertiary/aromatic N) is 11. The van der Waals surface area contributed by atoms with E-state index in [-0.39, 0.29) is 33.7 Å². The van der Waals surface area contributed by atoms with Gasteiger partial charge in [-0.2, -0.15) is 0 Å². The van der Waals surface area contributed by atoms with E-state index < -0.39 is 11.7 Å². The molecular weight excluding hydrogens is 1070 g/mol. The van der Waals surface area contributed by atoms with Crippen LogP contribution >= 0.6 is 54.5 Å². The molecule has 378 valence electrons. The van der Waals surface area contributed by atoms with Crippen molar-refractivity contribution in [1.29, 1.82) is 0 Å². The van der Waals surface area contributed by atoms with Gasteiger partial charge in [0.2, 0.25) is 0 Å². The molecule has 15 nitrogen and oxygen atoms in total. The zero-order valence-electron chi connectivity index (χ0n) is 42.7. The number of aromatic nitrogens is 9. The average molecular weight is 1130 g/mol. The highest BCUT2D eigenvalue weighted by Crippen LogP contribution is 2.49. The smallest absolute Gasteiger partial charge is 0.434 e. The molecule has 0 unspecified atom stereocenters. The molecule has 0 spiro atoms. The fourth-order valence-corrected chi connectivity index (χ4v) is 12.1. The third kappa shape index (κ3) is 11.7. The predicted octanol–water partition coefficient (Wildman–Crippen LogP) is 12.7. The van der Waals surface area contributed by atoms with Crippen molar-refractivity contribution in [2.24, 2.45) is 0 Å². The number of rotatable bonds is 7. The average Bonchev–Trinajstić information content (AvgIpc) is 4.10. The van der Waals surface area contributed by atoms with E-state index in [0.717, 1.165) is 115 Å². The number of hydrogen-bond donors (Lipinski definition) is 0. The lowest BCUT2D eigenvalue weighted by Gasteiger charge is -2.32. The highest BCUT2D eigenvalue weighted by Gasteiger charge is 2.44. The molecule has 71 heavy (non-hydrogen) atoms. The molecule has 2 aliphatic carbocycles. The Morgan fingerprint density at radius 2 is 1.10 bits per heavy atom. The Morgan fingerprint density at radius 1 is 0.648 bits per heavy atom. The summed E-state index contributed by atoms with van der Waals surface area (Å²) in [6, 6.07) is 7.82. The fourth-order valence-electron chi connectivity index (χ4n) is 8.55. The van der Waals surface area contributed by atoms with Gasteiger partial charge in [0.05, 0.1) is 40.4 Å². The van der Waals surface area contributed by atoms with Crippen LogP contribution in [0.4, 0.5) is 9.59 Å². The molecule has 4 aliphatic rings. The Hall–Kier alpha value is -4.46. The number of carbonyl (C=O) groups is 2. The predicted molar refractivity (Wildman–Crippen MR) is 285 cm³/mol. The molecular formula is C52H65Br2N11O4S2. The van der Waals surface area contributed by atoms with E-state index in [9.17, 15) is 9.59 Å². The summed E-state index contributed by atoms with van der Waals surface area (Å²) in [5.41, 5.74) is 6.43. The third-order valence-electron chi connectivity index (χ3n) is 13.8. The first-order valence-corrected chi connectivity index (χ1v) is 27.9. The summed E-state index contributed by atoms with van der Waals surface area (Å²) < 4.78 is 8.86. The van der Waals surface area contributed by atoms with E-state index in [4.69, 9.17) is 39.5 Å². The van der Waals surface area contributed by atoms with E-state index >= 15 is 0 Å². The van der Waals surface area contributed by atoms with Crippen LogP contribution < -0.4 is 4.84 Å². The molecule has 0 aromatic carbocycles. The molecule has 0 bridgehead atoms. The van der Waals surface area contributed by atoms with Gasteiger partial charge in [0.1, 0.15) is 40.5 Å². The van der Waals surface area contributed by atoms with Crippen molar-refractivity contribution in [3.8, 4) is 22.8 Å². The van der Waals surface area contributed by atoms with Crippen molar-refractivity contribution in [1.82, 2.24) is 54.4 Å². The number of likely N-dealkylation sites (tertiary alicyclic amines) is 2. The third-order valence-corrected chi connectivity index (χ3v) is 17.5. The molecule has 6 aromatic heterocycles. The molecule has 2 amide bonds. The van der Waals surface area contributed by atoms with Crippen molar-refractivity contribution in [2.75, 3.05) is 26.2 Å². The number of halogens is 2. The first kappa shape index (κ1) is 51.4. The van der Waals surface area contributed by atoms with Crippen LogP contribution in [0.3, 0.4) is 0 Å². The van der Waals surface area contributed by atoms with E-state index in [2.05, 4.69) is 109 Å². The summed E-state index contributed by atoms with van der Waals surface area (Å²) >= 11 is 10.9. The van der Waals surface area contributed by atoms with E-state index in [1.54, 1.807) is 39.8 Å². The summed E-state index contributed by atoms with van der Waals surface area (Å²) in [6.45, 7) is 25.9. The van der Waals surface area contributed by atoms with E-state index in [1.165, 1.54) is 11.1 Å². The van der Waals surface area contributed by atoms with Crippen LogP contribution in [0, 0.1) is 0 Å². The maximum Gasteiger partial charge on any atom is 0.434 e. The molecule has 0 radical (unpaired) electrons. The second kappa shape index (κ2) is 19.4. The number of pyridine rings is 1. The summed E-state index contributed by atoms with van der Waals surface area (Å²) in [6.07, 6.45) is 10.4. The Labute approximate surface area is 441 Å². The van der Waals surface area contributed by atoms with Crippen LogP contribution in [-0.4, -0.2) is 98.4 Å². The number of piperidine rings is 2. The van der Waals surface area contributed by atoms with Gasteiger partial charge in [0.15, 0.2) is 5.65 Å². The Bertz CT molecular complexity index is 2900. The summed E-state index contributed by atoms with van der Waals surface area (Å²) in [7, 11) is 0. The maximum atomic E-state index is 12.8. The van der Waals surface area contributed by atoms with Crippen molar-refractivity contribution in [3.05, 3.63) is 77.4 Å². The SMILES string of the molecule is CC(C)(C)OC(=O)N1CCC(c2nc(-c3cc(C(C)(C)C)nc(C4(C)CC4)n3)c(Br)s2)CC1.CC(C)(C)c1cc(-c2nc(C3CCN(C(=O)On4cnc5cccnc54)CC3)sc2Br)nc(C2(C)CC2)n1. The normalized spacial score (nSPS) is 18.3. The number of hydrogen-bond acceptors (Lipinski definition) is 14.